The molecule has 1 nitrogen and oxygen atoms in total. The van der Waals surface area contributed by atoms with Gasteiger partial charge in [-0.2, -0.15) is 0 Å². The first-order chi connectivity index (χ1) is 6.06. The van der Waals surface area contributed by atoms with E-state index >= 15 is 0 Å². The van der Waals surface area contributed by atoms with Crippen molar-refractivity contribution in [2.45, 2.75) is 37.7 Å². The molecule has 1 saturated carbocycles. The van der Waals surface area contributed by atoms with E-state index in [1.54, 1.807) is 0 Å². The molecule has 1 aliphatic rings. The number of rotatable bonds is 2. The zero-order valence-corrected chi connectivity index (χ0v) is 8.25. The number of benzene rings is 1. The molecule has 0 atom stereocenters. The van der Waals surface area contributed by atoms with Crippen LogP contribution >= 0.6 is 0 Å². The zero-order chi connectivity index (χ0) is 9.53. The van der Waals surface area contributed by atoms with Gasteiger partial charge in [0.25, 0.3) is 0 Å². The van der Waals surface area contributed by atoms with Crippen LogP contribution in [0, 0.1) is 0 Å². The predicted octanol–water partition coefficient (Wildman–Crippen LogP) is 2.49. The minimum absolute atomic E-state index is 0.0360. The lowest BCUT2D eigenvalue weighted by molar-refractivity contribution is 0.0381. The maximum atomic E-state index is 10.1. The van der Waals surface area contributed by atoms with Crippen LogP contribution in [0.25, 0.3) is 0 Å². The summed E-state index contributed by atoms with van der Waals surface area (Å²) < 4.78 is 0. The molecule has 1 heteroatoms. The van der Waals surface area contributed by atoms with Gasteiger partial charge in [0, 0.05) is 5.41 Å². The van der Waals surface area contributed by atoms with Crippen molar-refractivity contribution in [3.8, 4) is 0 Å². The lowest BCUT2D eigenvalue weighted by Crippen LogP contribution is -2.35. The minimum atomic E-state index is -0.589. The zero-order valence-electron chi connectivity index (χ0n) is 8.25. The van der Waals surface area contributed by atoms with E-state index in [1.165, 1.54) is 5.56 Å². The number of hydrogen-bond acceptors (Lipinski definition) is 1. The average molecular weight is 176 g/mol. The van der Waals surface area contributed by atoms with Crippen LogP contribution < -0.4 is 0 Å². The van der Waals surface area contributed by atoms with Gasteiger partial charge in [0.05, 0.1) is 5.60 Å². The largest absolute Gasteiger partial charge is 0.390 e. The summed E-state index contributed by atoms with van der Waals surface area (Å²) in [6, 6.07) is 10.3. The minimum Gasteiger partial charge on any atom is -0.390 e. The van der Waals surface area contributed by atoms with E-state index in [9.17, 15) is 5.11 Å². The van der Waals surface area contributed by atoms with Crippen molar-refractivity contribution >= 4 is 0 Å². The molecule has 1 aliphatic carbocycles. The van der Waals surface area contributed by atoms with E-state index in [2.05, 4.69) is 12.1 Å². The van der Waals surface area contributed by atoms with E-state index in [0.717, 1.165) is 12.8 Å². The first-order valence-corrected chi connectivity index (χ1v) is 4.84. The molecule has 0 radical (unpaired) electrons. The van der Waals surface area contributed by atoms with E-state index in [1.807, 2.05) is 32.0 Å². The topological polar surface area (TPSA) is 20.2 Å². The Kier molecular flexibility index (Phi) is 1.74. The summed E-state index contributed by atoms with van der Waals surface area (Å²) in [5.74, 6) is 0. The first-order valence-electron chi connectivity index (χ1n) is 4.84. The average Bonchev–Trinajstić information content (AvgIpc) is 2.84. The molecule has 0 unspecified atom stereocenters. The highest BCUT2D eigenvalue weighted by Gasteiger charge is 2.54. The Morgan fingerprint density at radius 3 is 2.08 bits per heavy atom. The predicted molar refractivity (Wildman–Crippen MR) is 53.7 cm³/mol. The molecule has 0 bridgehead atoms. The van der Waals surface area contributed by atoms with Crippen molar-refractivity contribution in [2.75, 3.05) is 0 Å². The second kappa shape index (κ2) is 2.58. The molecule has 0 amide bonds. The van der Waals surface area contributed by atoms with Crippen molar-refractivity contribution in [1.82, 2.24) is 0 Å². The van der Waals surface area contributed by atoms with Crippen LogP contribution in [-0.2, 0) is 5.41 Å². The lowest BCUT2D eigenvalue weighted by atomic mass is 9.81. The van der Waals surface area contributed by atoms with Crippen LogP contribution in [0.4, 0.5) is 0 Å². The molecule has 13 heavy (non-hydrogen) atoms. The van der Waals surface area contributed by atoms with Crippen LogP contribution in [-0.4, -0.2) is 10.7 Å². The van der Waals surface area contributed by atoms with Crippen LogP contribution in [0.2, 0.25) is 0 Å². The highest BCUT2D eigenvalue weighted by atomic mass is 16.3. The van der Waals surface area contributed by atoms with Crippen LogP contribution in [0.1, 0.15) is 32.3 Å². The first kappa shape index (κ1) is 8.76. The normalized spacial score (nSPS) is 19.9. The third kappa shape index (κ3) is 1.28. The summed E-state index contributed by atoms with van der Waals surface area (Å²) >= 11 is 0. The lowest BCUT2D eigenvalue weighted by Gasteiger charge is -2.29. The number of hydrogen-bond donors (Lipinski definition) is 1. The van der Waals surface area contributed by atoms with E-state index in [4.69, 9.17) is 0 Å². The molecular formula is C12H16O. The van der Waals surface area contributed by atoms with Gasteiger partial charge in [-0.3, -0.25) is 0 Å². The summed E-state index contributed by atoms with van der Waals surface area (Å²) in [5, 5.41) is 10.1. The standard InChI is InChI=1S/C12H16O/c1-11(2,13)12(8-9-12)10-6-4-3-5-7-10/h3-7,13H,8-9H2,1-2H3. The van der Waals surface area contributed by atoms with E-state index < -0.39 is 5.60 Å². The Bertz CT molecular complexity index is 291. The summed E-state index contributed by atoms with van der Waals surface area (Å²) in [4.78, 5) is 0. The van der Waals surface area contributed by atoms with E-state index in [0.29, 0.717) is 0 Å². The van der Waals surface area contributed by atoms with Gasteiger partial charge in [-0.05, 0) is 32.3 Å². The van der Waals surface area contributed by atoms with Crippen molar-refractivity contribution in [3.05, 3.63) is 35.9 Å². The molecule has 1 fully saturated rings. The molecule has 0 aliphatic heterocycles. The molecule has 1 N–H and O–H groups in total. The fraction of sp³-hybridized carbons (Fsp3) is 0.500. The van der Waals surface area contributed by atoms with Gasteiger partial charge in [0.15, 0.2) is 0 Å². The van der Waals surface area contributed by atoms with Gasteiger partial charge in [-0.1, -0.05) is 30.3 Å². The third-order valence-electron chi connectivity index (χ3n) is 3.25. The van der Waals surface area contributed by atoms with Crippen LogP contribution in [0.5, 0.6) is 0 Å². The maximum absolute atomic E-state index is 10.1. The molecule has 0 heterocycles. The van der Waals surface area contributed by atoms with Crippen molar-refractivity contribution in [1.29, 1.82) is 0 Å². The Morgan fingerprint density at radius 1 is 1.15 bits per heavy atom. The van der Waals surface area contributed by atoms with Gasteiger partial charge in [0.1, 0.15) is 0 Å². The summed E-state index contributed by atoms with van der Waals surface area (Å²) in [5.41, 5.74) is 0.727. The van der Waals surface area contributed by atoms with Crippen molar-refractivity contribution < 1.29 is 5.11 Å². The molecular weight excluding hydrogens is 160 g/mol. The highest BCUT2D eigenvalue weighted by molar-refractivity contribution is 5.34. The molecule has 0 aromatic heterocycles. The van der Waals surface area contributed by atoms with Crippen molar-refractivity contribution in [3.63, 3.8) is 0 Å². The molecule has 70 valence electrons. The third-order valence-corrected chi connectivity index (χ3v) is 3.25. The Balaban J connectivity index is 2.37. The summed E-state index contributed by atoms with van der Waals surface area (Å²) in [6.07, 6.45) is 2.22. The van der Waals surface area contributed by atoms with E-state index in [-0.39, 0.29) is 5.41 Å². The van der Waals surface area contributed by atoms with Gasteiger partial charge in [-0.25, -0.2) is 0 Å². The molecule has 0 saturated heterocycles. The fourth-order valence-corrected chi connectivity index (χ4v) is 2.14. The highest BCUT2D eigenvalue weighted by Crippen LogP contribution is 2.55. The molecule has 2 rings (SSSR count). The van der Waals surface area contributed by atoms with Gasteiger partial charge < -0.3 is 5.11 Å². The van der Waals surface area contributed by atoms with Gasteiger partial charge in [0.2, 0.25) is 0 Å². The van der Waals surface area contributed by atoms with Crippen LogP contribution in [0.3, 0.4) is 0 Å². The maximum Gasteiger partial charge on any atom is 0.0687 e. The molecule has 0 spiro atoms. The monoisotopic (exact) mass is 176 g/mol. The fourth-order valence-electron chi connectivity index (χ4n) is 2.14. The SMILES string of the molecule is CC(C)(O)C1(c2ccccc2)CC1. The smallest absolute Gasteiger partial charge is 0.0687 e. The Morgan fingerprint density at radius 2 is 1.69 bits per heavy atom. The van der Waals surface area contributed by atoms with Crippen LogP contribution in [0.15, 0.2) is 30.3 Å². The Hall–Kier alpha value is -0.820. The summed E-state index contributed by atoms with van der Waals surface area (Å²) in [7, 11) is 0. The Labute approximate surface area is 79.4 Å². The second-order valence-electron chi connectivity index (χ2n) is 4.51. The number of aliphatic hydroxyl groups is 1. The molecule has 1 aromatic rings. The van der Waals surface area contributed by atoms with Crippen molar-refractivity contribution in [2.24, 2.45) is 0 Å². The quantitative estimate of drug-likeness (QED) is 0.734. The molecule has 1 aromatic carbocycles. The van der Waals surface area contributed by atoms with Gasteiger partial charge in [-0.15, -0.1) is 0 Å². The second-order valence-corrected chi connectivity index (χ2v) is 4.51. The summed E-state index contributed by atoms with van der Waals surface area (Å²) in [6.45, 7) is 3.82. The van der Waals surface area contributed by atoms with Gasteiger partial charge >= 0.3 is 0 Å².